The molecule has 0 amide bonds. The molecule has 126 valence electrons. The van der Waals surface area contributed by atoms with E-state index in [-0.39, 0.29) is 24.0 Å². The Balaban J connectivity index is 0.00000264. The normalized spacial score (nSPS) is 10.8. The van der Waals surface area contributed by atoms with Crippen LogP contribution in [-0.4, -0.2) is 26.2 Å². The molecule has 2 aromatic rings. The zero-order valence-corrected chi connectivity index (χ0v) is 15.9. The van der Waals surface area contributed by atoms with Gasteiger partial charge in [-0.25, -0.2) is 4.99 Å². The maximum absolute atomic E-state index is 5.31. The van der Waals surface area contributed by atoms with E-state index in [9.17, 15) is 0 Å². The Morgan fingerprint density at radius 3 is 2.57 bits per heavy atom. The molecule has 5 nitrogen and oxygen atoms in total. The summed E-state index contributed by atoms with van der Waals surface area (Å²) >= 11 is 0. The van der Waals surface area contributed by atoms with Gasteiger partial charge in [-0.15, -0.1) is 24.0 Å². The Hall–Kier alpha value is -1.70. The summed E-state index contributed by atoms with van der Waals surface area (Å²) in [5.41, 5.74) is 1.14. The first-order chi connectivity index (χ1) is 10.8. The highest BCUT2D eigenvalue weighted by molar-refractivity contribution is 14.0. The van der Waals surface area contributed by atoms with Gasteiger partial charge in [0.2, 0.25) is 0 Å². The highest BCUT2D eigenvalue weighted by Crippen LogP contribution is 2.11. The van der Waals surface area contributed by atoms with Gasteiger partial charge in [0.1, 0.15) is 11.5 Å². The Morgan fingerprint density at radius 1 is 1.17 bits per heavy atom. The molecule has 2 N–H and O–H groups in total. The second-order valence-corrected chi connectivity index (χ2v) is 4.80. The molecule has 23 heavy (non-hydrogen) atoms. The lowest BCUT2D eigenvalue weighted by molar-refractivity contribution is 0.414. The molecular formula is C17H24IN3O2. The van der Waals surface area contributed by atoms with E-state index in [1.54, 1.807) is 13.4 Å². The highest BCUT2D eigenvalue weighted by Gasteiger charge is 2.00. The number of aliphatic imine (C=N–C) groups is 1. The second-order valence-electron chi connectivity index (χ2n) is 4.80. The average molecular weight is 429 g/mol. The average Bonchev–Trinajstić information content (AvgIpc) is 3.06. The molecule has 0 aliphatic heterocycles. The van der Waals surface area contributed by atoms with E-state index >= 15 is 0 Å². The van der Waals surface area contributed by atoms with Gasteiger partial charge in [0, 0.05) is 19.5 Å². The summed E-state index contributed by atoms with van der Waals surface area (Å²) in [4.78, 5) is 4.58. The molecule has 0 aliphatic carbocycles. The Bertz CT molecular complexity index is 568. The van der Waals surface area contributed by atoms with Gasteiger partial charge in [-0.05, 0) is 36.8 Å². The van der Waals surface area contributed by atoms with Crippen molar-refractivity contribution >= 4 is 29.9 Å². The quantitative estimate of drug-likeness (QED) is 0.403. The third kappa shape index (κ3) is 6.94. The van der Waals surface area contributed by atoms with E-state index in [0.29, 0.717) is 6.54 Å². The minimum Gasteiger partial charge on any atom is -0.497 e. The van der Waals surface area contributed by atoms with E-state index in [4.69, 9.17) is 9.15 Å². The van der Waals surface area contributed by atoms with Crippen molar-refractivity contribution in [1.82, 2.24) is 10.6 Å². The third-order valence-corrected chi connectivity index (χ3v) is 3.17. The largest absolute Gasteiger partial charge is 0.497 e. The smallest absolute Gasteiger partial charge is 0.191 e. The van der Waals surface area contributed by atoms with Crippen molar-refractivity contribution in [3.63, 3.8) is 0 Å². The maximum atomic E-state index is 5.31. The molecular weight excluding hydrogens is 405 g/mol. The van der Waals surface area contributed by atoms with Crippen LogP contribution in [0.2, 0.25) is 0 Å². The van der Waals surface area contributed by atoms with Crippen LogP contribution in [-0.2, 0) is 13.0 Å². The monoisotopic (exact) mass is 429 g/mol. The van der Waals surface area contributed by atoms with Crippen molar-refractivity contribution < 1.29 is 9.15 Å². The molecule has 1 heterocycles. The van der Waals surface area contributed by atoms with E-state index < -0.39 is 0 Å². The summed E-state index contributed by atoms with van der Waals surface area (Å²) in [5.74, 6) is 2.64. The number of nitrogens with zero attached hydrogens (tertiary/aromatic N) is 1. The minimum atomic E-state index is 0. The first kappa shape index (κ1) is 19.3. The first-order valence-electron chi connectivity index (χ1n) is 7.49. The summed E-state index contributed by atoms with van der Waals surface area (Å²) in [7, 11) is 1.67. The lowest BCUT2D eigenvalue weighted by atomic mass is 10.2. The molecule has 0 spiro atoms. The molecule has 0 atom stereocenters. The molecule has 1 aromatic carbocycles. The van der Waals surface area contributed by atoms with Gasteiger partial charge in [-0.2, -0.15) is 0 Å². The molecule has 0 fully saturated rings. The molecule has 1 aromatic heterocycles. The Kier molecular flexibility index (Phi) is 9.20. The van der Waals surface area contributed by atoms with Gasteiger partial charge in [-0.3, -0.25) is 0 Å². The first-order valence-corrected chi connectivity index (χ1v) is 7.49. The summed E-state index contributed by atoms with van der Waals surface area (Å²) in [5, 5.41) is 6.55. The molecule has 6 heteroatoms. The second kappa shape index (κ2) is 10.9. The van der Waals surface area contributed by atoms with Gasteiger partial charge in [0.15, 0.2) is 5.96 Å². The van der Waals surface area contributed by atoms with Crippen molar-refractivity contribution in [3.05, 3.63) is 54.0 Å². The molecule has 0 bridgehead atoms. The number of halogens is 1. The number of rotatable bonds is 7. The zero-order valence-electron chi connectivity index (χ0n) is 13.5. The van der Waals surface area contributed by atoms with Crippen LogP contribution in [0, 0.1) is 0 Å². The summed E-state index contributed by atoms with van der Waals surface area (Å²) in [6, 6.07) is 11.8. The van der Waals surface area contributed by atoms with Crippen LogP contribution in [0.1, 0.15) is 18.2 Å². The molecule has 0 saturated carbocycles. The van der Waals surface area contributed by atoms with Crippen LogP contribution in [0.4, 0.5) is 0 Å². The van der Waals surface area contributed by atoms with Crippen LogP contribution in [0.5, 0.6) is 5.75 Å². The predicted octanol–water partition coefficient (Wildman–Crippen LogP) is 3.20. The van der Waals surface area contributed by atoms with Crippen molar-refractivity contribution in [3.8, 4) is 5.75 Å². The molecule has 0 saturated heterocycles. The van der Waals surface area contributed by atoms with E-state index in [1.807, 2.05) is 36.4 Å². The fourth-order valence-electron chi connectivity index (χ4n) is 2.00. The topological polar surface area (TPSA) is 58.8 Å². The van der Waals surface area contributed by atoms with Gasteiger partial charge < -0.3 is 19.8 Å². The minimum absolute atomic E-state index is 0. The van der Waals surface area contributed by atoms with Gasteiger partial charge in [0.25, 0.3) is 0 Å². The van der Waals surface area contributed by atoms with Crippen LogP contribution in [0.25, 0.3) is 0 Å². The predicted molar refractivity (Wildman–Crippen MR) is 104 cm³/mol. The SMILES string of the molecule is CCNC(=NCc1ccc(OC)cc1)NCCc1ccco1.I. The van der Waals surface area contributed by atoms with Crippen molar-refractivity contribution in [2.75, 3.05) is 20.2 Å². The van der Waals surface area contributed by atoms with E-state index in [1.165, 1.54) is 0 Å². The molecule has 0 unspecified atom stereocenters. The fraction of sp³-hybridized carbons (Fsp3) is 0.353. The Labute approximate surface area is 154 Å². The molecule has 0 aliphatic rings. The number of ether oxygens (including phenoxy) is 1. The number of benzene rings is 1. The number of hydrogen-bond acceptors (Lipinski definition) is 3. The van der Waals surface area contributed by atoms with Crippen LogP contribution in [0.15, 0.2) is 52.1 Å². The lowest BCUT2D eigenvalue weighted by Crippen LogP contribution is -2.38. The number of methoxy groups -OCH3 is 1. The van der Waals surface area contributed by atoms with Gasteiger partial charge in [0.05, 0.1) is 19.9 Å². The standard InChI is InChI=1S/C17H23N3O2.HI/c1-3-18-17(19-11-10-16-5-4-12-22-16)20-13-14-6-8-15(21-2)9-7-14;/h4-9,12H,3,10-11,13H2,1-2H3,(H2,18,19,20);1H. The number of guanidine groups is 1. The summed E-state index contributed by atoms with van der Waals surface area (Å²) in [6.07, 6.45) is 2.53. The molecule has 0 radical (unpaired) electrons. The number of nitrogens with one attached hydrogen (secondary N) is 2. The zero-order chi connectivity index (χ0) is 15.6. The van der Waals surface area contributed by atoms with Crippen molar-refractivity contribution in [1.29, 1.82) is 0 Å². The third-order valence-electron chi connectivity index (χ3n) is 3.17. The number of hydrogen-bond donors (Lipinski definition) is 2. The maximum Gasteiger partial charge on any atom is 0.191 e. The van der Waals surface area contributed by atoms with Crippen LogP contribution in [0.3, 0.4) is 0 Å². The fourth-order valence-corrected chi connectivity index (χ4v) is 2.00. The molecule has 2 rings (SSSR count). The lowest BCUT2D eigenvalue weighted by Gasteiger charge is -2.10. The highest BCUT2D eigenvalue weighted by atomic mass is 127. The van der Waals surface area contributed by atoms with Crippen LogP contribution < -0.4 is 15.4 Å². The van der Waals surface area contributed by atoms with E-state index in [0.717, 1.165) is 42.5 Å². The summed E-state index contributed by atoms with van der Waals surface area (Å²) in [6.45, 7) is 4.29. The Morgan fingerprint density at radius 2 is 1.96 bits per heavy atom. The van der Waals surface area contributed by atoms with Gasteiger partial charge in [-0.1, -0.05) is 12.1 Å². The van der Waals surface area contributed by atoms with Crippen molar-refractivity contribution in [2.24, 2.45) is 4.99 Å². The van der Waals surface area contributed by atoms with Gasteiger partial charge >= 0.3 is 0 Å². The van der Waals surface area contributed by atoms with Crippen LogP contribution >= 0.6 is 24.0 Å². The summed E-state index contributed by atoms with van der Waals surface area (Å²) < 4.78 is 10.5. The number of furan rings is 1. The van der Waals surface area contributed by atoms with E-state index in [2.05, 4.69) is 22.5 Å². The van der Waals surface area contributed by atoms with Crippen molar-refractivity contribution in [2.45, 2.75) is 19.9 Å².